The highest BCUT2D eigenvalue weighted by Crippen LogP contribution is 2.05. The Balaban J connectivity index is 3.56. The lowest BCUT2D eigenvalue weighted by Crippen LogP contribution is -2.42. The molecule has 0 rings (SSSR count). The van der Waals surface area contributed by atoms with E-state index in [1.807, 2.05) is 20.8 Å². The summed E-state index contributed by atoms with van der Waals surface area (Å²) in [5.41, 5.74) is -0.473. The molecule has 1 amide bonds. The Morgan fingerprint density at radius 3 is 2.14 bits per heavy atom. The Morgan fingerprint density at radius 1 is 1.05 bits per heavy atom. The lowest BCUT2D eigenvalue weighted by Gasteiger charge is -2.20. The summed E-state index contributed by atoms with van der Waals surface area (Å²) in [6.07, 6.45) is 0.645. The molecule has 0 aliphatic heterocycles. The van der Waals surface area contributed by atoms with E-state index in [0.29, 0.717) is 18.2 Å². The second-order valence-electron chi connectivity index (χ2n) is 5.99. The molecule has 0 aliphatic carbocycles. The number of carbonyl (C=O) groups is 1. The maximum atomic E-state index is 11.4. The maximum absolute atomic E-state index is 11.4. The molecule has 7 heteroatoms. The molecule has 0 aliphatic rings. The van der Waals surface area contributed by atoms with E-state index in [1.165, 1.54) is 0 Å². The molecule has 3 N–H and O–H groups in total. The average Bonchev–Trinajstić information content (AvgIpc) is 2.42. The fourth-order valence-corrected chi connectivity index (χ4v) is 1.97. The van der Waals surface area contributed by atoms with Crippen molar-refractivity contribution < 1.29 is 9.53 Å². The van der Waals surface area contributed by atoms with Gasteiger partial charge >= 0.3 is 6.09 Å². The highest BCUT2D eigenvalue weighted by atomic mass is 32.1. The normalized spacial score (nSPS) is 11.2. The molecule has 0 unspecified atom stereocenters. The Labute approximate surface area is 140 Å². The van der Waals surface area contributed by atoms with Gasteiger partial charge in [-0.05, 0) is 59.0 Å². The lowest BCUT2D eigenvalue weighted by atomic mass is 10.2. The number of amides is 1. The molecule has 0 aromatic rings. The Bertz CT molecular complexity index is 328. The van der Waals surface area contributed by atoms with Crippen LogP contribution in [-0.2, 0) is 4.74 Å². The number of hydrogen-bond donors (Lipinski definition) is 3. The van der Waals surface area contributed by atoms with Crippen LogP contribution in [-0.4, -0.2) is 61.0 Å². The summed E-state index contributed by atoms with van der Waals surface area (Å²) in [5, 5.41) is 9.51. The van der Waals surface area contributed by atoms with Crippen LogP contribution in [0.3, 0.4) is 0 Å². The number of nitrogens with zero attached hydrogens (tertiary/aromatic N) is 1. The summed E-state index contributed by atoms with van der Waals surface area (Å²) in [4.78, 5) is 13.8. The van der Waals surface area contributed by atoms with E-state index in [4.69, 9.17) is 17.0 Å². The van der Waals surface area contributed by atoms with Crippen LogP contribution in [0.15, 0.2) is 0 Å². The van der Waals surface area contributed by atoms with Crippen LogP contribution >= 0.6 is 12.2 Å². The van der Waals surface area contributed by atoms with Gasteiger partial charge in [0, 0.05) is 19.6 Å². The number of rotatable bonds is 9. The van der Waals surface area contributed by atoms with Gasteiger partial charge in [0.25, 0.3) is 0 Å². The predicted molar refractivity (Wildman–Crippen MR) is 95.2 cm³/mol. The highest BCUT2D eigenvalue weighted by Gasteiger charge is 2.15. The second-order valence-corrected chi connectivity index (χ2v) is 6.40. The lowest BCUT2D eigenvalue weighted by molar-refractivity contribution is 0.0529. The van der Waals surface area contributed by atoms with E-state index in [-0.39, 0.29) is 0 Å². The standard InChI is InChI=1S/C15H32N4O2S/c1-6-19(7-2)12-8-9-16-13(22)17-10-11-18-14(20)21-15(3,4)5/h6-12H2,1-5H3,(H,18,20)(H2,16,17,22). The van der Waals surface area contributed by atoms with Crippen LogP contribution < -0.4 is 16.0 Å². The molecule has 0 fully saturated rings. The molecule has 0 saturated carbocycles. The van der Waals surface area contributed by atoms with Gasteiger partial charge in [-0.3, -0.25) is 0 Å². The number of alkyl carbamates (subject to hydrolysis) is 1. The minimum atomic E-state index is -0.473. The van der Waals surface area contributed by atoms with Gasteiger partial charge in [-0.1, -0.05) is 13.8 Å². The fourth-order valence-electron chi connectivity index (χ4n) is 1.76. The second kappa shape index (κ2) is 11.5. The van der Waals surface area contributed by atoms with Crippen molar-refractivity contribution in [3.8, 4) is 0 Å². The first-order valence-corrected chi connectivity index (χ1v) is 8.40. The van der Waals surface area contributed by atoms with Crippen LogP contribution in [0.5, 0.6) is 0 Å². The van der Waals surface area contributed by atoms with E-state index in [2.05, 4.69) is 34.7 Å². The van der Waals surface area contributed by atoms with Crippen molar-refractivity contribution in [2.24, 2.45) is 0 Å². The minimum absolute atomic E-state index is 0.410. The molecule has 0 spiro atoms. The van der Waals surface area contributed by atoms with Gasteiger partial charge in [-0.15, -0.1) is 0 Å². The van der Waals surface area contributed by atoms with Crippen LogP contribution in [0.1, 0.15) is 41.0 Å². The first kappa shape index (κ1) is 20.9. The van der Waals surface area contributed by atoms with Gasteiger partial charge in [-0.2, -0.15) is 0 Å². The van der Waals surface area contributed by atoms with Gasteiger partial charge in [-0.25, -0.2) is 4.79 Å². The summed E-state index contributed by atoms with van der Waals surface area (Å²) in [5.74, 6) is 0. The summed E-state index contributed by atoms with van der Waals surface area (Å²) in [6, 6.07) is 0. The van der Waals surface area contributed by atoms with Crippen molar-refractivity contribution in [2.45, 2.75) is 46.6 Å². The number of thiocarbonyl (C=S) groups is 1. The smallest absolute Gasteiger partial charge is 0.407 e. The van der Waals surface area contributed by atoms with E-state index in [9.17, 15) is 4.79 Å². The quantitative estimate of drug-likeness (QED) is 0.441. The van der Waals surface area contributed by atoms with Crippen molar-refractivity contribution in [3.05, 3.63) is 0 Å². The largest absolute Gasteiger partial charge is 0.444 e. The summed E-state index contributed by atoms with van der Waals surface area (Å²) in [6.45, 7) is 15.0. The number of nitrogens with one attached hydrogen (secondary N) is 3. The van der Waals surface area contributed by atoms with Crippen LogP contribution in [0.4, 0.5) is 4.79 Å². The molecule has 22 heavy (non-hydrogen) atoms. The topological polar surface area (TPSA) is 65.6 Å². The Hall–Kier alpha value is -1.08. The molecular weight excluding hydrogens is 300 g/mol. The first-order chi connectivity index (χ1) is 10.3. The molecular formula is C15H32N4O2S. The van der Waals surface area contributed by atoms with E-state index in [0.717, 1.165) is 32.6 Å². The molecule has 0 heterocycles. The third-order valence-electron chi connectivity index (χ3n) is 2.91. The predicted octanol–water partition coefficient (Wildman–Crippen LogP) is 1.71. The monoisotopic (exact) mass is 332 g/mol. The molecule has 0 aromatic carbocycles. The number of ether oxygens (including phenoxy) is 1. The molecule has 130 valence electrons. The number of carbonyl (C=O) groups excluding carboxylic acids is 1. The Morgan fingerprint density at radius 2 is 1.59 bits per heavy atom. The van der Waals surface area contributed by atoms with Crippen LogP contribution in [0, 0.1) is 0 Å². The molecule has 0 atom stereocenters. The number of hydrogen-bond acceptors (Lipinski definition) is 4. The molecule has 0 aromatic heterocycles. The van der Waals surface area contributed by atoms with Gasteiger partial charge in [0.1, 0.15) is 5.60 Å². The van der Waals surface area contributed by atoms with Crippen molar-refractivity contribution in [3.63, 3.8) is 0 Å². The van der Waals surface area contributed by atoms with Crippen LogP contribution in [0.2, 0.25) is 0 Å². The van der Waals surface area contributed by atoms with Crippen molar-refractivity contribution in [2.75, 3.05) is 39.3 Å². The van der Waals surface area contributed by atoms with Crippen molar-refractivity contribution >= 4 is 23.4 Å². The maximum Gasteiger partial charge on any atom is 0.407 e. The molecule has 0 bridgehead atoms. The van der Waals surface area contributed by atoms with Gasteiger partial charge < -0.3 is 25.6 Å². The van der Waals surface area contributed by atoms with E-state index < -0.39 is 11.7 Å². The molecule has 0 saturated heterocycles. The van der Waals surface area contributed by atoms with Gasteiger partial charge in [0.05, 0.1) is 0 Å². The molecule has 0 radical (unpaired) electrons. The van der Waals surface area contributed by atoms with Crippen molar-refractivity contribution in [1.29, 1.82) is 0 Å². The van der Waals surface area contributed by atoms with E-state index >= 15 is 0 Å². The third-order valence-corrected chi connectivity index (χ3v) is 3.20. The van der Waals surface area contributed by atoms with Crippen molar-refractivity contribution in [1.82, 2.24) is 20.9 Å². The summed E-state index contributed by atoms with van der Waals surface area (Å²) < 4.78 is 5.14. The third kappa shape index (κ3) is 12.6. The highest BCUT2D eigenvalue weighted by molar-refractivity contribution is 7.80. The minimum Gasteiger partial charge on any atom is -0.444 e. The van der Waals surface area contributed by atoms with Crippen LogP contribution in [0.25, 0.3) is 0 Å². The zero-order chi connectivity index (χ0) is 17.0. The SMILES string of the molecule is CCN(CC)CCCNC(=S)NCCNC(=O)OC(C)(C)C. The first-order valence-electron chi connectivity index (χ1n) is 7.99. The fraction of sp³-hybridized carbons (Fsp3) is 0.867. The van der Waals surface area contributed by atoms with Gasteiger partial charge in [0.15, 0.2) is 5.11 Å². The summed E-state index contributed by atoms with van der Waals surface area (Å²) >= 11 is 5.18. The van der Waals surface area contributed by atoms with Gasteiger partial charge in [0.2, 0.25) is 0 Å². The summed E-state index contributed by atoms with van der Waals surface area (Å²) in [7, 11) is 0. The average molecular weight is 333 g/mol. The molecule has 6 nitrogen and oxygen atoms in total. The zero-order valence-corrected chi connectivity index (χ0v) is 15.4. The zero-order valence-electron chi connectivity index (χ0n) is 14.6. The van der Waals surface area contributed by atoms with E-state index in [1.54, 1.807) is 0 Å². The Kier molecular flexibility index (Phi) is 10.9.